The van der Waals surface area contributed by atoms with Crippen LogP contribution >= 0.6 is 0 Å². The molecule has 0 bridgehead atoms. The molecule has 0 aliphatic carbocycles. The Labute approximate surface area is 480 Å². The van der Waals surface area contributed by atoms with E-state index >= 15 is 0 Å². The average Bonchev–Trinajstić information content (AvgIpc) is 3.44. The minimum atomic E-state index is -1.61. The highest BCUT2D eigenvalue weighted by Gasteiger charge is 2.47. The number of allylic oxidation sites excluding steroid dienone is 1. The fourth-order valence-electron chi connectivity index (χ4n) is 11.1. The van der Waals surface area contributed by atoms with Crippen LogP contribution in [0.2, 0.25) is 0 Å². The second-order valence-corrected chi connectivity index (χ2v) is 23.9. The van der Waals surface area contributed by atoms with Gasteiger partial charge in [0.05, 0.1) is 25.4 Å². The molecule has 8 atom stereocenters. The first-order chi connectivity index (χ1) is 38.2. The standard InChI is InChI=1S/C67H129NO10/c1-4-7-10-13-16-19-22-25-27-28-29-30-31-32-33-35-36-39-42-45-48-51-54-60(71)66(75)68-58(59(70)53-50-47-44-41-38-24-21-18-15-12-9-6-3)57-76-67-65(64(74)63(73)61(56-69)77-67)78-62(72)55-52-49-46-43-40-37-34-26-23-20-17-14-11-8-5-2/h50,53,58-61,63-65,67,69-71,73-74H,4-49,51-52,54-57H2,1-3H3,(H,68,75)/b53-50+. The summed E-state index contributed by atoms with van der Waals surface area (Å²) < 4.78 is 17.7. The number of hydrogen-bond donors (Lipinski definition) is 6. The number of rotatable bonds is 59. The Bertz CT molecular complexity index is 1320. The van der Waals surface area contributed by atoms with Crippen molar-refractivity contribution in [1.82, 2.24) is 5.32 Å². The highest BCUT2D eigenvalue weighted by molar-refractivity contribution is 5.80. The van der Waals surface area contributed by atoms with E-state index in [9.17, 15) is 35.1 Å². The summed E-state index contributed by atoms with van der Waals surface area (Å²) in [4.78, 5) is 26.6. The van der Waals surface area contributed by atoms with Gasteiger partial charge < -0.3 is 45.1 Å². The summed E-state index contributed by atoms with van der Waals surface area (Å²) in [6, 6.07) is -1.02. The summed E-state index contributed by atoms with van der Waals surface area (Å²) in [5, 5.41) is 57.1. The molecule has 1 rings (SSSR count). The van der Waals surface area contributed by atoms with E-state index in [1.807, 2.05) is 6.08 Å². The normalized spacial score (nSPS) is 18.9. The third kappa shape index (κ3) is 43.1. The van der Waals surface area contributed by atoms with Crippen LogP contribution in [0.15, 0.2) is 12.2 Å². The Kier molecular flexibility index (Phi) is 53.3. The molecule has 1 amide bonds. The van der Waals surface area contributed by atoms with Crippen LogP contribution in [0.25, 0.3) is 0 Å². The maximum atomic E-state index is 13.5. The van der Waals surface area contributed by atoms with E-state index in [4.69, 9.17) is 14.2 Å². The van der Waals surface area contributed by atoms with E-state index < -0.39 is 67.4 Å². The van der Waals surface area contributed by atoms with Gasteiger partial charge in [-0.15, -0.1) is 0 Å². The molecular formula is C67H129NO10. The van der Waals surface area contributed by atoms with Crippen molar-refractivity contribution in [3.63, 3.8) is 0 Å². The molecule has 0 aromatic rings. The Morgan fingerprint density at radius 2 is 0.833 bits per heavy atom. The highest BCUT2D eigenvalue weighted by atomic mass is 16.7. The van der Waals surface area contributed by atoms with Gasteiger partial charge in [0.1, 0.15) is 24.4 Å². The van der Waals surface area contributed by atoms with Crippen molar-refractivity contribution in [2.75, 3.05) is 13.2 Å². The molecule has 0 saturated carbocycles. The Morgan fingerprint density at radius 1 is 0.487 bits per heavy atom. The summed E-state index contributed by atoms with van der Waals surface area (Å²) >= 11 is 0. The molecule has 6 N–H and O–H groups in total. The molecule has 1 saturated heterocycles. The summed E-state index contributed by atoms with van der Waals surface area (Å²) in [5.74, 6) is -1.17. The van der Waals surface area contributed by atoms with E-state index in [0.29, 0.717) is 19.3 Å². The van der Waals surface area contributed by atoms with Crippen molar-refractivity contribution in [3.05, 3.63) is 12.2 Å². The van der Waals surface area contributed by atoms with Gasteiger partial charge in [-0.05, 0) is 25.7 Å². The molecule has 462 valence electrons. The maximum Gasteiger partial charge on any atom is 0.306 e. The van der Waals surface area contributed by atoms with Crippen LogP contribution in [0, 0.1) is 0 Å². The molecule has 0 aromatic carbocycles. The molecule has 0 spiro atoms. The van der Waals surface area contributed by atoms with Crippen molar-refractivity contribution >= 4 is 11.9 Å². The quantitative estimate of drug-likeness (QED) is 0.0195. The monoisotopic (exact) mass is 1110 g/mol. The molecular weight excluding hydrogens is 979 g/mol. The van der Waals surface area contributed by atoms with Gasteiger partial charge in [0.15, 0.2) is 12.4 Å². The predicted octanol–water partition coefficient (Wildman–Crippen LogP) is 16.7. The van der Waals surface area contributed by atoms with Crippen LogP contribution in [0.4, 0.5) is 0 Å². The molecule has 11 heteroatoms. The average molecular weight is 1110 g/mol. The number of esters is 1. The highest BCUT2D eigenvalue weighted by Crippen LogP contribution is 2.26. The third-order valence-electron chi connectivity index (χ3n) is 16.4. The number of ether oxygens (including phenoxy) is 3. The fraction of sp³-hybridized carbons (Fsp3) is 0.940. The molecule has 1 fully saturated rings. The van der Waals surface area contributed by atoms with Gasteiger partial charge in [-0.1, -0.05) is 322 Å². The minimum Gasteiger partial charge on any atom is -0.454 e. The lowest BCUT2D eigenvalue weighted by molar-refractivity contribution is -0.305. The van der Waals surface area contributed by atoms with Gasteiger partial charge in [0, 0.05) is 6.42 Å². The van der Waals surface area contributed by atoms with Crippen molar-refractivity contribution in [2.24, 2.45) is 0 Å². The van der Waals surface area contributed by atoms with Crippen LogP contribution in [0.1, 0.15) is 342 Å². The van der Waals surface area contributed by atoms with Gasteiger partial charge in [0.2, 0.25) is 5.91 Å². The summed E-state index contributed by atoms with van der Waals surface area (Å²) in [7, 11) is 0. The molecule has 11 nitrogen and oxygen atoms in total. The second-order valence-electron chi connectivity index (χ2n) is 23.9. The summed E-state index contributed by atoms with van der Waals surface area (Å²) in [6.45, 7) is 5.84. The second kappa shape index (κ2) is 55.9. The molecule has 8 unspecified atom stereocenters. The lowest BCUT2D eigenvalue weighted by Gasteiger charge is -2.41. The molecule has 1 aliphatic rings. The minimum absolute atomic E-state index is 0.131. The molecule has 0 radical (unpaired) electrons. The summed E-state index contributed by atoms with van der Waals surface area (Å²) in [5.41, 5.74) is 0. The van der Waals surface area contributed by atoms with Gasteiger partial charge >= 0.3 is 5.97 Å². The zero-order chi connectivity index (χ0) is 56.8. The number of amides is 1. The lowest BCUT2D eigenvalue weighted by atomic mass is 9.99. The topological polar surface area (TPSA) is 175 Å². The summed E-state index contributed by atoms with van der Waals surface area (Å²) in [6.07, 6.45) is 54.0. The largest absolute Gasteiger partial charge is 0.454 e. The van der Waals surface area contributed by atoms with Gasteiger partial charge in [0.25, 0.3) is 0 Å². The van der Waals surface area contributed by atoms with Crippen LogP contribution in [0.3, 0.4) is 0 Å². The number of nitrogens with one attached hydrogen (secondary N) is 1. The van der Waals surface area contributed by atoms with Gasteiger partial charge in [-0.3, -0.25) is 9.59 Å². The lowest BCUT2D eigenvalue weighted by Crippen LogP contribution is -2.61. The zero-order valence-corrected chi connectivity index (χ0v) is 51.3. The van der Waals surface area contributed by atoms with Crippen LogP contribution < -0.4 is 5.32 Å². The van der Waals surface area contributed by atoms with E-state index in [2.05, 4.69) is 26.1 Å². The first-order valence-corrected chi connectivity index (χ1v) is 34.0. The number of unbranched alkanes of at least 4 members (excludes halogenated alkanes) is 45. The first kappa shape index (κ1) is 74.4. The van der Waals surface area contributed by atoms with E-state index in [1.165, 1.54) is 238 Å². The molecule has 0 aromatic heterocycles. The molecule has 78 heavy (non-hydrogen) atoms. The molecule has 1 heterocycles. The number of aliphatic hydroxyl groups excluding tert-OH is 5. The first-order valence-electron chi connectivity index (χ1n) is 34.0. The van der Waals surface area contributed by atoms with Crippen molar-refractivity contribution in [2.45, 2.75) is 391 Å². The maximum absolute atomic E-state index is 13.5. The zero-order valence-electron chi connectivity index (χ0n) is 51.3. The van der Waals surface area contributed by atoms with Gasteiger partial charge in [-0.25, -0.2) is 0 Å². The van der Waals surface area contributed by atoms with E-state index in [0.717, 1.165) is 57.8 Å². The predicted molar refractivity (Wildman–Crippen MR) is 325 cm³/mol. The fourth-order valence-corrected chi connectivity index (χ4v) is 11.1. The SMILES string of the molecule is CCCCCCCCCCCC/C=C/C(O)C(COC1OC(CO)C(O)C(O)C1OC(=O)CCCCCCCCCCCCCCCCC)NC(=O)C(O)CCCCCCCCCCCCCCCCCCCCCCCC. The Hall–Kier alpha value is -1.60. The molecule has 1 aliphatic heterocycles. The van der Waals surface area contributed by atoms with Crippen molar-refractivity contribution < 1.29 is 49.3 Å². The van der Waals surface area contributed by atoms with Crippen LogP contribution in [-0.4, -0.2) is 99.6 Å². The van der Waals surface area contributed by atoms with Crippen molar-refractivity contribution in [3.8, 4) is 0 Å². The third-order valence-corrected chi connectivity index (χ3v) is 16.4. The van der Waals surface area contributed by atoms with E-state index in [1.54, 1.807) is 6.08 Å². The van der Waals surface area contributed by atoms with Crippen LogP contribution in [-0.2, 0) is 23.8 Å². The number of hydrogen-bond acceptors (Lipinski definition) is 10. The number of aliphatic hydroxyl groups is 5. The van der Waals surface area contributed by atoms with Crippen molar-refractivity contribution in [1.29, 1.82) is 0 Å². The number of carbonyl (C=O) groups excluding carboxylic acids is 2. The Morgan fingerprint density at radius 3 is 1.21 bits per heavy atom. The van der Waals surface area contributed by atoms with E-state index in [-0.39, 0.29) is 13.0 Å². The number of carbonyl (C=O) groups is 2. The van der Waals surface area contributed by atoms with Gasteiger partial charge in [-0.2, -0.15) is 0 Å². The van der Waals surface area contributed by atoms with Crippen LogP contribution in [0.5, 0.6) is 0 Å². The smallest absolute Gasteiger partial charge is 0.306 e. The Balaban J connectivity index is 2.59.